The number of carbonyl (C=O) groups excluding carboxylic acids is 1. The summed E-state index contributed by atoms with van der Waals surface area (Å²) in [4.78, 5) is 12.4. The first kappa shape index (κ1) is 14.2. The first-order valence-corrected chi connectivity index (χ1v) is 6.79. The first-order valence-electron chi connectivity index (χ1n) is 5.99. The van der Waals surface area contributed by atoms with Crippen LogP contribution in [0.3, 0.4) is 0 Å². The van der Waals surface area contributed by atoms with Gasteiger partial charge < -0.3 is 5.73 Å². The van der Waals surface area contributed by atoms with Crippen LogP contribution in [-0.2, 0) is 6.54 Å². The summed E-state index contributed by atoms with van der Waals surface area (Å²) in [5.74, 6) is -0.404. The second kappa shape index (κ2) is 4.72. The smallest absolute Gasteiger partial charge is 0.236 e. The van der Waals surface area contributed by atoms with Crippen LogP contribution in [0.25, 0.3) is 10.9 Å². The van der Waals surface area contributed by atoms with Crippen LogP contribution in [0.5, 0.6) is 0 Å². The van der Waals surface area contributed by atoms with Gasteiger partial charge in [0, 0.05) is 23.5 Å². The number of nitrogens with two attached hydrogens (primary N) is 1. The Morgan fingerprint density at radius 2 is 2.05 bits per heavy atom. The monoisotopic (exact) mass is 326 g/mol. The van der Waals surface area contributed by atoms with Crippen molar-refractivity contribution in [2.24, 2.45) is 11.1 Å². The number of aromatic nitrogens is 1. The fraction of sp³-hybridized carbons (Fsp3) is 0.357. The van der Waals surface area contributed by atoms with Gasteiger partial charge in [0.1, 0.15) is 5.82 Å². The molecule has 0 fully saturated rings. The van der Waals surface area contributed by atoms with Crippen molar-refractivity contribution in [2.75, 3.05) is 0 Å². The summed E-state index contributed by atoms with van der Waals surface area (Å²) in [7, 11) is 0. The molecule has 1 aromatic heterocycles. The summed E-state index contributed by atoms with van der Waals surface area (Å²) in [5, 5.41) is 0.681. The number of nitrogens with zero attached hydrogens (tertiary/aromatic N) is 1. The fourth-order valence-electron chi connectivity index (χ4n) is 1.98. The third-order valence-electron chi connectivity index (χ3n) is 3.01. The quantitative estimate of drug-likeness (QED) is 0.868. The number of fused-ring (bicyclic) bond motifs is 1. The highest BCUT2D eigenvalue weighted by molar-refractivity contribution is 9.10. The number of benzene rings is 1. The van der Waals surface area contributed by atoms with Crippen molar-refractivity contribution in [3.63, 3.8) is 0 Å². The van der Waals surface area contributed by atoms with E-state index >= 15 is 0 Å². The van der Waals surface area contributed by atoms with Crippen LogP contribution >= 0.6 is 15.9 Å². The van der Waals surface area contributed by atoms with E-state index in [2.05, 4.69) is 15.9 Å². The Labute approximate surface area is 119 Å². The van der Waals surface area contributed by atoms with E-state index in [1.54, 1.807) is 16.8 Å². The second-order valence-corrected chi connectivity index (χ2v) is 6.42. The van der Waals surface area contributed by atoms with Crippen molar-refractivity contribution in [3.05, 3.63) is 34.2 Å². The normalized spacial score (nSPS) is 12.1. The van der Waals surface area contributed by atoms with Gasteiger partial charge in [-0.2, -0.15) is 0 Å². The second-order valence-electron chi connectivity index (χ2n) is 5.57. The molecule has 1 aromatic carbocycles. The van der Waals surface area contributed by atoms with Gasteiger partial charge in [-0.15, -0.1) is 0 Å². The maximum atomic E-state index is 13.6. The van der Waals surface area contributed by atoms with Crippen molar-refractivity contribution >= 4 is 32.7 Å². The molecule has 0 radical (unpaired) electrons. The molecule has 0 saturated carbocycles. The summed E-state index contributed by atoms with van der Waals surface area (Å²) < 4.78 is 15.5. The van der Waals surface area contributed by atoms with Crippen LogP contribution in [0.4, 0.5) is 4.39 Å². The third-order valence-corrected chi connectivity index (χ3v) is 3.62. The van der Waals surface area contributed by atoms with Crippen LogP contribution in [0.2, 0.25) is 0 Å². The Bertz CT molecular complexity index is 655. The number of carbonyl (C=O) groups is 1. The molecule has 19 heavy (non-hydrogen) atoms. The molecule has 2 aromatic rings. The Morgan fingerprint density at radius 1 is 1.42 bits per heavy atom. The van der Waals surface area contributed by atoms with Crippen LogP contribution in [-0.4, -0.2) is 10.5 Å². The Hall–Kier alpha value is -1.20. The Balaban J connectivity index is 2.76. The molecule has 0 unspecified atom stereocenters. The lowest BCUT2D eigenvalue weighted by Gasteiger charge is -2.17. The summed E-state index contributed by atoms with van der Waals surface area (Å²) in [5.41, 5.74) is 6.59. The van der Waals surface area contributed by atoms with Crippen LogP contribution in [0, 0.1) is 11.2 Å². The molecule has 5 heteroatoms. The summed E-state index contributed by atoms with van der Waals surface area (Å²) in [6.45, 7) is 5.81. The lowest BCUT2D eigenvalue weighted by atomic mass is 9.95. The van der Waals surface area contributed by atoms with E-state index in [9.17, 15) is 9.18 Å². The molecule has 3 nitrogen and oxygen atoms in total. The van der Waals surface area contributed by atoms with Gasteiger partial charge in [-0.25, -0.2) is 4.39 Å². The van der Waals surface area contributed by atoms with Crippen molar-refractivity contribution in [3.8, 4) is 0 Å². The molecule has 0 atom stereocenters. The molecule has 0 aliphatic heterocycles. The predicted molar refractivity (Wildman–Crippen MR) is 77.6 cm³/mol. The van der Waals surface area contributed by atoms with Crippen molar-refractivity contribution in [2.45, 2.75) is 27.3 Å². The van der Waals surface area contributed by atoms with Gasteiger partial charge in [0.05, 0.1) is 9.99 Å². The molecule has 0 aliphatic rings. The molecular weight excluding hydrogens is 311 g/mol. The minimum atomic E-state index is -0.515. The van der Waals surface area contributed by atoms with Gasteiger partial charge >= 0.3 is 0 Å². The summed E-state index contributed by atoms with van der Waals surface area (Å²) in [6.07, 6.45) is 1.70. The van der Waals surface area contributed by atoms with Gasteiger partial charge in [0.25, 0.3) is 0 Å². The molecule has 0 saturated heterocycles. The van der Waals surface area contributed by atoms with Gasteiger partial charge in [-0.3, -0.25) is 9.36 Å². The molecular formula is C14H16BrFN2O. The molecule has 0 bridgehead atoms. The van der Waals surface area contributed by atoms with E-state index < -0.39 is 5.41 Å². The number of hydrogen-bond acceptors (Lipinski definition) is 2. The van der Waals surface area contributed by atoms with Crippen LogP contribution < -0.4 is 5.73 Å². The first-order chi connectivity index (χ1) is 8.75. The lowest BCUT2D eigenvalue weighted by Crippen LogP contribution is -2.26. The summed E-state index contributed by atoms with van der Waals surface area (Å²) >= 11 is 3.15. The lowest BCUT2D eigenvalue weighted by molar-refractivity contribution is 0.0772. The SMILES string of the molecule is CC(C)(C)C(=O)n1cc(CN)c2cc(F)c(Br)cc21. The van der Waals surface area contributed by atoms with E-state index in [1.165, 1.54) is 6.07 Å². The standard InChI is InChI=1S/C14H16BrFN2O/c1-14(2,3)13(19)18-7-8(6-17)9-4-11(16)10(15)5-12(9)18/h4-5,7H,6,17H2,1-3H3. The highest BCUT2D eigenvalue weighted by atomic mass is 79.9. The van der Waals surface area contributed by atoms with E-state index in [-0.39, 0.29) is 18.3 Å². The highest BCUT2D eigenvalue weighted by Gasteiger charge is 2.25. The van der Waals surface area contributed by atoms with Crippen LogP contribution in [0.1, 0.15) is 31.1 Å². The molecule has 0 spiro atoms. The average Bonchev–Trinajstić information content (AvgIpc) is 2.65. The maximum Gasteiger partial charge on any atom is 0.236 e. The molecule has 2 N–H and O–H groups in total. The topological polar surface area (TPSA) is 48.0 Å². The van der Waals surface area contributed by atoms with Gasteiger partial charge in [0.2, 0.25) is 5.91 Å². The minimum Gasteiger partial charge on any atom is -0.326 e. The summed E-state index contributed by atoms with van der Waals surface area (Å²) in [6, 6.07) is 3.03. The van der Waals surface area contributed by atoms with E-state index in [0.717, 1.165) is 5.56 Å². The zero-order valence-electron chi connectivity index (χ0n) is 11.1. The molecule has 102 valence electrons. The zero-order chi connectivity index (χ0) is 14.4. The molecule has 1 heterocycles. The highest BCUT2D eigenvalue weighted by Crippen LogP contribution is 2.29. The number of halogens is 2. The van der Waals surface area contributed by atoms with Crippen LogP contribution in [0.15, 0.2) is 22.8 Å². The van der Waals surface area contributed by atoms with Crippen molar-refractivity contribution in [1.29, 1.82) is 0 Å². The largest absolute Gasteiger partial charge is 0.326 e. The van der Waals surface area contributed by atoms with E-state index in [4.69, 9.17) is 5.73 Å². The third kappa shape index (κ3) is 2.44. The molecule has 0 amide bonds. The van der Waals surface area contributed by atoms with Crippen molar-refractivity contribution in [1.82, 2.24) is 4.57 Å². The van der Waals surface area contributed by atoms with Crippen molar-refractivity contribution < 1.29 is 9.18 Å². The minimum absolute atomic E-state index is 0.0456. The number of rotatable bonds is 1. The van der Waals surface area contributed by atoms with E-state index in [1.807, 2.05) is 20.8 Å². The average molecular weight is 327 g/mol. The Morgan fingerprint density at radius 3 is 2.58 bits per heavy atom. The van der Waals surface area contributed by atoms with E-state index in [0.29, 0.717) is 15.4 Å². The molecule has 2 rings (SSSR count). The fourth-order valence-corrected chi connectivity index (χ4v) is 2.31. The number of hydrogen-bond donors (Lipinski definition) is 1. The van der Waals surface area contributed by atoms with Gasteiger partial charge in [-0.05, 0) is 33.6 Å². The predicted octanol–water partition coefficient (Wildman–Crippen LogP) is 3.69. The van der Waals surface area contributed by atoms with Gasteiger partial charge in [-0.1, -0.05) is 20.8 Å². The Kier molecular flexibility index (Phi) is 3.53. The maximum absolute atomic E-state index is 13.6. The van der Waals surface area contributed by atoms with Gasteiger partial charge in [0.15, 0.2) is 0 Å². The molecule has 0 aliphatic carbocycles. The zero-order valence-corrected chi connectivity index (χ0v) is 12.7.